The number of benzene rings is 1. The van der Waals surface area contributed by atoms with E-state index in [4.69, 9.17) is 5.84 Å². The summed E-state index contributed by atoms with van der Waals surface area (Å²) in [7, 11) is 0. The summed E-state index contributed by atoms with van der Waals surface area (Å²) in [6.45, 7) is 6.70. The molecule has 0 saturated heterocycles. The maximum absolute atomic E-state index is 5.98. The molecule has 4 heteroatoms. The molecule has 3 nitrogen and oxygen atoms in total. The molecule has 0 radical (unpaired) electrons. The number of rotatable bonds is 7. The van der Waals surface area contributed by atoms with Gasteiger partial charge in [0.2, 0.25) is 0 Å². The second-order valence-corrected chi connectivity index (χ2v) is 6.95. The zero-order valence-electron chi connectivity index (χ0n) is 13.2. The fraction of sp³-hybridized carbons (Fsp3) is 0.647. The van der Waals surface area contributed by atoms with Crippen molar-refractivity contribution in [2.45, 2.75) is 57.5 Å². The molecule has 0 amide bonds. The molecule has 1 aliphatic carbocycles. The summed E-state index contributed by atoms with van der Waals surface area (Å²) in [5.41, 5.74) is 4.69. The number of hydrazine groups is 1. The van der Waals surface area contributed by atoms with E-state index < -0.39 is 0 Å². The summed E-state index contributed by atoms with van der Waals surface area (Å²) in [6.07, 6.45) is 6.10. The van der Waals surface area contributed by atoms with Gasteiger partial charge in [0.05, 0.1) is 0 Å². The van der Waals surface area contributed by atoms with Crippen molar-refractivity contribution >= 4 is 15.9 Å². The first-order chi connectivity index (χ1) is 10.2. The Morgan fingerprint density at radius 1 is 1.29 bits per heavy atom. The SMILES string of the molecule is CCN(CC)C1(C(Cc2cccc(Br)c2)NN)CCCC1. The molecule has 1 atom stereocenters. The van der Waals surface area contributed by atoms with Gasteiger partial charge in [0.25, 0.3) is 0 Å². The molecule has 0 bridgehead atoms. The Balaban J connectivity index is 2.24. The Labute approximate surface area is 137 Å². The summed E-state index contributed by atoms with van der Waals surface area (Å²) in [4.78, 5) is 2.61. The van der Waals surface area contributed by atoms with Crippen LogP contribution in [0, 0.1) is 0 Å². The van der Waals surface area contributed by atoms with Gasteiger partial charge in [-0.3, -0.25) is 16.2 Å². The molecule has 0 heterocycles. The Morgan fingerprint density at radius 2 is 1.95 bits per heavy atom. The molecule has 1 saturated carbocycles. The van der Waals surface area contributed by atoms with Gasteiger partial charge >= 0.3 is 0 Å². The molecule has 1 fully saturated rings. The highest BCUT2D eigenvalue weighted by Gasteiger charge is 2.44. The number of hydrogen-bond donors (Lipinski definition) is 2. The minimum absolute atomic E-state index is 0.209. The molecular weight excluding hydrogens is 326 g/mol. The van der Waals surface area contributed by atoms with Crippen LogP contribution < -0.4 is 11.3 Å². The van der Waals surface area contributed by atoms with Gasteiger partial charge in [-0.15, -0.1) is 0 Å². The van der Waals surface area contributed by atoms with Gasteiger partial charge in [-0.2, -0.15) is 0 Å². The standard InChI is InChI=1S/C17H28BrN3/c1-3-21(4-2)17(10-5-6-11-17)16(20-19)13-14-8-7-9-15(18)12-14/h7-9,12,16,20H,3-6,10-11,13,19H2,1-2H3. The number of nitrogens with two attached hydrogens (primary N) is 1. The predicted octanol–water partition coefficient (Wildman–Crippen LogP) is 3.48. The summed E-state index contributed by atoms with van der Waals surface area (Å²) >= 11 is 3.57. The summed E-state index contributed by atoms with van der Waals surface area (Å²) in [5, 5.41) is 0. The zero-order chi connectivity index (χ0) is 15.3. The van der Waals surface area contributed by atoms with E-state index in [1.54, 1.807) is 0 Å². The number of hydrogen-bond acceptors (Lipinski definition) is 3. The third kappa shape index (κ3) is 3.67. The van der Waals surface area contributed by atoms with Crippen molar-refractivity contribution < 1.29 is 0 Å². The lowest BCUT2D eigenvalue weighted by atomic mass is 9.82. The number of nitrogens with zero attached hydrogens (tertiary/aromatic N) is 1. The Kier molecular flexibility index (Phi) is 6.23. The average Bonchev–Trinajstić information content (AvgIpc) is 2.96. The number of likely N-dealkylation sites (N-methyl/N-ethyl adjacent to an activating group) is 1. The first-order valence-corrected chi connectivity index (χ1v) is 8.91. The Bertz CT molecular complexity index is 439. The van der Waals surface area contributed by atoms with E-state index >= 15 is 0 Å². The van der Waals surface area contributed by atoms with Crippen LogP contribution in [0.15, 0.2) is 28.7 Å². The largest absolute Gasteiger partial charge is 0.297 e. The fourth-order valence-corrected chi connectivity index (χ4v) is 4.48. The lowest BCUT2D eigenvalue weighted by molar-refractivity contribution is 0.0630. The second-order valence-electron chi connectivity index (χ2n) is 6.04. The first kappa shape index (κ1) is 16.9. The van der Waals surface area contributed by atoms with E-state index in [0.717, 1.165) is 24.0 Å². The molecule has 1 unspecified atom stereocenters. The summed E-state index contributed by atoms with van der Waals surface area (Å²) in [6, 6.07) is 8.87. The van der Waals surface area contributed by atoms with Crippen LogP contribution in [0.25, 0.3) is 0 Å². The van der Waals surface area contributed by atoms with Crippen molar-refractivity contribution in [1.82, 2.24) is 10.3 Å². The smallest absolute Gasteiger partial charge is 0.0435 e. The number of nitrogens with one attached hydrogen (secondary N) is 1. The van der Waals surface area contributed by atoms with Crippen LogP contribution in [-0.2, 0) is 6.42 Å². The van der Waals surface area contributed by atoms with Crippen LogP contribution in [0.1, 0.15) is 45.1 Å². The third-order valence-corrected chi connectivity index (χ3v) is 5.53. The van der Waals surface area contributed by atoms with E-state index in [-0.39, 0.29) is 5.54 Å². The van der Waals surface area contributed by atoms with Crippen molar-refractivity contribution in [1.29, 1.82) is 0 Å². The van der Waals surface area contributed by atoms with Gasteiger partial charge in [0.15, 0.2) is 0 Å². The highest BCUT2D eigenvalue weighted by atomic mass is 79.9. The van der Waals surface area contributed by atoms with Crippen LogP contribution in [-0.4, -0.2) is 29.6 Å². The highest BCUT2D eigenvalue weighted by molar-refractivity contribution is 9.10. The van der Waals surface area contributed by atoms with Crippen molar-refractivity contribution in [2.24, 2.45) is 5.84 Å². The van der Waals surface area contributed by atoms with E-state index in [1.807, 2.05) is 0 Å². The van der Waals surface area contributed by atoms with Crippen LogP contribution in [0.3, 0.4) is 0 Å². The third-order valence-electron chi connectivity index (χ3n) is 5.04. The zero-order valence-corrected chi connectivity index (χ0v) is 14.8. The van der Waals surface area contributed by atoms with E-state index in [2.05, 4.69) is 64.4 Å². The fourth-order valence-electron chi connectivity index (χ4n) is 4.03. The maximum Gasteiger partial charge on any atom is 0.0435 e. The van der Waals surface area contributed by atoms with Crippen LogP contribution >= 0.6 is 15.9 Å². The van der Waals surface area contributed by atoms with Crippen LogP contribution in [0.2, 0.25) is 0 Å². The minimum Gasteiger partial charge on any atom is -0.297 e. The van der Waals surface area contributed by atoms with E-state index in [0.29, 0.717) is 6.04 Å². The molecule has 118 valence electrons. The maximum atomic E-state index is 5.98. The van der Waals surface area contributed by atoms with E-state index in [1.165, 1.54) is 31.2 Å². The van der Waals surface area contributed by atoms with E-state index in [9.17, 15) is 0 Å². The molecule has 3 N–H and O–H groups in total. The monoisotopic (exact) mass is 353 g/mol. The molecule has 21 heavy (non-hydrogen) atoms. The predicted molar refractivity (Wildman–Crippen MR) is 93.1 cm³/mol. The van der Waals surface area contributed by atoms with Gasteiger partial charge in [-0.1, -0.05) is 54.8 Å². The lowest BCUT2D eigenvalue weighted by Crippen LogP contribution is -2.62. The minimum atomic E-state index is 0.209. The number of halogens is 1. The Hall–Kier alpha value is -0.420. The van der Waals surface area contributed by atoms with Gasteiger partial charge in [0, 0.05) is 16.1 Å². The molecule has 0 aromatic heterocycles. The molecule has 1 aromatic rings. The lowest BCUT2D eigenvalue weighted by Gasteiger charge is -2.46. The van der Waals surface area contributed by atoms with Crippen molar-refractivity contribution in [2.75, 3.05) is 13.1 Å². The molecule has 1 aromatic carbocycles. The first-order valence-electron chi connectivity index (χ1n) is 8.12. The second kappa shape index (κ2) is 7.73. The molecule has 2 rings (SSSR count). The summed E-state index contributed by atoms with van der Waals surface area (Å²) in [5.74, 6) is 5.98. The van der Waals surface area contributed by atoms with Gasteiger partial charge in [0.1, 0.15) is 0 Å². The van der Waals surface area contributed by atoms with Gasteiger partial charge < -0.3 is 0 Å². The van der Waals surface area contributed by atoms with Gasteiger partial charge in [-0.05, 0) is 50.0 Å². The average molecular weight is 354 g/mol. The van der Waals surface area contributed by atoms with Gasteiger partial charge in [-0.25, -0.2) is 0 Å². The van der Waals surface area contributed by atoms with Crippen molar-refractivity contribution in [3.8, 4) is 0 Å². The van der Waals surface area contributed by atoms with Crippen molar-refractivity contribution in [3.05, 3.63) is 34.3 Å². The molecular formula is C17H28BrN3. The molecule has 0 spiro atoms. The van der Waals surface area contributed by atoms with Crippen LogP contribution in [0.5, 0.6) is 0 Å². The Morgan fingerprint density at radius 3 is 2.48 bits per heavy atom. The van der Waals surface area contributed by atoms with Crippen LogP contribution in [0.4, 0.5) is 0 Å². The molecule has 0 aliphatic heterocycles. The highest BCUT2D eigenvalue weighted by Crippen LogP contribution is 2.39. The molecule has 1 aliphatic rings. The quantitative estimate of drug-likeness (QED) is 0.582. The normalized spacial score (nSPS) is 19.1. The summed E-state index contributed by atoms with van der Waals surface area (Å²) < 4.78 is 1.14. The topological polar surface area (TPSA) is 41.3 Å². The van der Waals surface area contributed by atoms with Crippen molar-refractivity contribution in [3.63, 3.8) is 0 Å².